The predicted molar refractivity (Wildman–Crippen MR) is 207 cm³/mol. The molecule has 5 heterocycles. The van der Waals surface area contributed by atoms with E-state index in [0.29, 0.717) is 80.8 Å². The van der Waals surface area contributed by atoms with Crippen LogP contribution in [0, 0.1) is 29.5 Å². The normalized spacial score (nSPS) is 16.4. The number of carbonyl (C=O) groups excluding carboxylic acids is 1. The quantitative estimate of drug-likeness (QED) is 0.161. The van der Waals surface area contributed by atoms with Crippen LogP contribution in [0.4, 0.5) is 15.9 Å². The van der Waals surface area contributed by atoms with E-state index in [-0.39, 0.29) is 40.8 Å². The molecule has 2 aromatic carbocycles. The minimum atomic E-state index is -0.744. The highest BCUT2D eigenvalue weighted by molar-refractivity contribution is 6.04. The molecule has 56 heavy (non-hydrogen) atoms. The summed E-state index contributed by atoms with van der Waals surface area (Å²) in [6.07, 6.45) is 7.10. The number of nitrogens with zero attached hydrogens (tertiary/aromatic N) is 4. The first kappa shape index (κ1) is 38.1. The molecule has 2 aliphatic heterocycles. The van der Waals surface area contributed by atoms with Crippen LogP contribution < -0.4 is 26.0 Å². The number of halogens is 1. The molecule has 0 radical (unpaired) electrons. The molecule has 13 nitrogen and oxygen atoms in total. The molecule has 288 valence electrons. The van der Waals surface area contributed by atoms with Gasteiger partial charge < -0.3 is 39.3 Å². The zero-order chi connectivity index (χ0) is 39.2. The number of nitrogens with one attached hydrogen (secondary N) is 1. The number of ether oxygens (including phenoxy) is 5. The smallest absolute Gasteiger partial charge is 0.261 e. The molecule has 0 saturated carbocycles. The second-order valence-electron chi connectivity index (χ2n) is 13.9. The van der Waals surface area contributed by atoms with E-state index in [4.69, 9.17) is 29.4 Å². The largest absolute Gasteiger partial charge is 0.493 e. The Kier molecular flexibility index (Phi) is 11.4. The number of aryl methyl sites for hydroxylation is 1. The number of pyridine rings is 3. The van der Waals surface area contributed by atoms with Crippen molar-refractivity contribution in [2.24, 2.45) is 5.41 Å². The van der Waals surface area contributed by atoms with Crippen LogP contribution in [0.2, 0.25) is 0 Å². The summed E-state index contributed by atoms with van der Waals surface area (Å²) >= 11 is 0. The average molecular weight is 761 g/mol. The summed E-state index contributed by atoms with van der Waals surface area (Å²) in [6.45, 7) is 4.82. The third-order valence-electron chi connectivity index (χ3n) is 9.93. The summed E-state index contributed by atoms with van der Waals surface area (Å²) in [5.41, 5.74) is 8.27. The van der Waals surface area contributed by atoms with Crippen LogP contribution in [-0.2, 0) is 20.8 Å². The molecule has 1 amide bonds. The molecule has 0 aliphatic carbocycles. The molecule has 0 bridgehead atoms. The Hall–Kier alpha value is -6.14. The number of nitrogens with two attached hydrogens (primary N) is 1. The van der Waals surface area contributed by atoms with E-state index >= 15 is 4.39 Å². The highest BCUT2D eigenvalue weighted by Crippen LogP contribution is 2.37. The number of carbonyl (C=O) groups is 1. The number of hydrogen-bond acceptors (Lipinski definition) is 11. The van der Waals surface area contributed by atoms with Crippen molar-refractivity contribution in [1.29, 1.82) is 5.26 Å². The minimum Gasteiger partial charge on any atom is -0.493 e. The van der Waals surface area contributed by atoms with E-state index in [1.165, 1.54) is 18.3 Å². The highest BCUT2D eigenvalue weighted by atomic mass is 19.1. The molecule has 3 N–H and O–H groups in total. The van der Waals surface area contributed by atoms with Gasteiger partial charge >= 0.3 is 0 Å². The molecular formula is C42H41FN6O7. The Morgan fingerprint density at radius 1 is 0.982 bits per heavy atom. The van der Waals surface area contributed by atoms with Gasteiger partial charge in [0.15, 0.2) is 11.5 Å². The lowest BCUT2D eigenvalue weighted by molar-refractivity contribution is -0.101. The maximum absolute atomic E-state index is 15.9. The summed E-state index contributed by atoms with van der Waals surface area (Å²) in [5, 5.41) is 12.8. The first-order valence-electron chi connectivity index (χ1n) is 18.2. The number of anilines is 2. The molecule has 5 aromatic rings. The summed E-state index contributed by atoms with van der Waals surface area (Å²) in [6, 6.07) is 17.3. The van der Waals surface area contributed by atoms with Crippen LogP contribution in [0.25, 0.3) is 33.5 Å². The molecule has 1 atom stereocenters. The van der Waals surface area contributed by atoms with Crippen molar-refractivity contribution in [3.8, 4) is 51.1 Å². The van der Waals surface area contributed by atoms with Gasteiger partial charge in [0.2, 0.25) is 5.43 Å². The van der Waals surface area contributed by atoms with Gasteiger partial charge in [-0.3, -0.25) is 14.6 Å². The summed E-state index contributed by atoms with van der Waals surface area (Å²) in [4.78, 5) is 36.3. The fourth-order valence-corrected chi connectivity index (χ4v) is 6.75. The Balaban J connectivity index is 1.13. The van der Waals surface area contributed by atoms with Crippen molar-refractivity contribution < 1.29 is 32.9 Å². The standard InChI is InChI=1S/C42H41FN6O7/c1-26-3-7-36(46-18-26)33-20-49(25-42(24-44)9-11-53-12-10-42)21-34(39(33)50)41(51)48-29-5-6-31(35(43)17-29)32-15-28(19-47-40(32)45)27-4-8-37(38(16-27)52-2)56-23-30-22-54-13-14-55-30/h3-8,15-21,30H,9-14,22-23,25H2,1-2H3,(H2,45,47)(H,48,51)/t30-/m1/s1. The molecule has 2 fully saturated rings. The average Bonchev–Trinajstić information content (AvgIpc) is 3.22. The van der Waals surface area contributed by atoms with Gasteiger partial charge in [0.1, 0.15) is 29.9 Å². The van der Waals surface area contributed by atoms with Crippen molar-refractivity contribution in [1.82, 2.24) is 14.5 Å². The van der Waals surface area contributed by atoms with E-state index in [0.717, 1.165) is 17.2 Å². The maximum atomic E-state index is 15.9. The topological polar surface area (TPSA) is 173 Å². The number of rotatable bonds is 11. The lowest BCUT2D eigenvalue weighted by Crippen LogP contribution is -2.33. The van der Waals surface area contributed by atoms with Gasteiger partial charge in [-0.1, -0.05) is 12.1 Å². The molecular weight excluding hydrogens is 719 g/mol. The summed E-state index contributed by atoms with van der Waals surface area (Å²) < 4.78 is 45.7. The van der Waals surface area contributed by atoms with E-state index in [1.807, 2.05) is 19.1 Å². The minimum absolute atomic E-state index is 0.104. The van der Waals surface area contributed by atoms with Gasteiger partial charge in [0.05, 0.1) is 49.7 Å². The molecule has 2 aliphatic rings. The van der Waals surface area contributed by atoms with Crippen LogP contribution in [0.1, 0.15) is 28.8 Å². The van der Waals surface area contributed by atoms with Crippen molar-refractivity contribution in [2.45, 2.75) is 32.4 Å². The van der Waals surface area contributed by atoms with E-state index in [9.17, 15) is 14.9 Å². The van der Waals surface area contributed by atoms with Crippen molar-refractivity contribution in [3.05, 3.63) is 107 Å². The Bertz CT molecular complexity index is 2330. The molecule has 0 spiro atoms. The van der Waals surface area contributed by atoms with Crippen molar-refractivity contribution in [3.63, 3.8) is 0 Å². The highest BCUT2D eigenvalue weighted by Gasteiger charge is 2.33. The number of nitrogen functional groups attached to an aromatic ring is 1. The first-order chi connectivity index (χ1) is 27.1. The molecule has 14 heteroatoms. The molecule has 3 aromatic heterocycles. The zero-order valence-electron chi connectivity index (χ0n) is 31.0. The maximum Gasteiger partial charge on any atom is 0.261 e. The Labute approximate surface area is 322 Å². The van der Waals surface area contributed by atoms with E-state index in [1.54, 1.807) is 54.5 Å². The number of amides is 1. The van der Waals surface area contributed by atoms with Gasteiger partial charge in [-0.25, -0.2) is 9.37 Å². The molecule has 7 rings (SSSR count). The summed E-state index contributed by atoms with van der Waals surface area (Å²) in [5.74, 6) is -0.293. The molecule has 2 saturated heterocycles. The second kappa shape index (κ2) is 16.7. The van der Waals surface area contributed by atoms with E-state index < -0.39 is 22.6 Å². The van der Waals surface area contributed by atoms with Crippen LogP contribution >= 0.6 is 0 Å². The van der Waals surface area contributed by atoms with Gasteiger partial charge in [0, 0.05) is 66.9 Å². The van der Waals surface area contributed by atoms with Crippen LogP contribution in [0.15, 0.2) is 84.2 Å². The predicted octanol–water partition coefficient (Wildman–Crippen LogP) is 6.04. The van der Waals surface area contributed by atoms with Crippen LogP contribution in [0.5, 0.6) is 11.5 Å². The van der Waals surface area contributed by atoms with Crippen LogP contribution in [0.3, 0.4) is 0 Å². The Morgan fingerprint density at radius 2 is 1.82 bits per heavy atom. The van der Waals surface area contributed by atoms with Crippen molar-refractivity contribution >= 4 is 17.4 Å². The Morgan fingerprint density at radius 3 is 2.54 bits per heavy atom. The number of methoxy groups -OCH3 is 1. The number of hydrogen-bond donors (Lipinski definition) is 2. The SMILES string of the molecule is COc1cc(-c2cnc(N)c(-c3ccc(NC(=O)c4cn(CC5(C#N)CCOCC5)cc(-c5ccc(C)cn5)c4=O)cc3F)c2)ccc1OC[C@H]1COCCO1. The number of nitriles is 1. The number of aromatic nitrogens is 3. The lowest BCUT2D eigenvalue weighted by atomic mass is 9.81. The second-order valence-corrected chi connectivity index (χ2v) is 13.9. The molecule has 0 unspecified atom stereocenters. The zero-order valence-corrected chi connectivity index (χ0v) is 31.0. The third-order valence-corrected chi connectivity index (χ3v) is 9.93. The van der Waals surface area contributed by atoms with E-state index in [2.05, 4.69) is 21.4 Å². The first-order valence-corrected chi connectivity index (χ1v) is 18.2. The lowest BCUT2D eigenvalue weighted by Gasteiger charge is -2.31. The fourth-order valence-electron chi connectivity index (χ4n) is 6.75. The van der Waals surface area contributed by atoms with Gasteiger partial charge in [-0.2, -0.15) is 5.26 Å². The third kappa shape index (κ3) is 8.40. The monoisotopic (exact) mass is 760 g/mol. The van der Waals surface area contributed by atoms with Gasteiger partial charge in [-0.15, -0.1) is 0 Å². The van der Waals surface area contributed by atoms with Crippen molar-refractivity contribution in [2.75, 3.05) is 57.8 Å². The van der Waals surface area contributed by atoms with Crippen LogP contribution in [-0.4, -0.2) is 73.3 Å². The van der Waals surface area contributed by atoms with Gasteiger partial charge in [-0.05, 0) is 73.4 Å². The fraction of sp³-hybridized carbons (Fsp3) is 0.310. The van der Waals surface area contributed by atoms with Gasteiger partial charge in [0.25, 0.3) is 5.91 Å². The summed E-state index contributed by atoms with van der Waals surface area (Å²) in [7, 11) is 1.54. The number of benzene rings is 2.